The lowest BCUT2D eigenvalue weighted by atomic mass is 10.1. The van der Waals surface area contributed by atoms with Gasteiger partial charge in [0.05, 0.1) is 18.8 Å². The summed E-state index contributed by atoms with van der Waals surface area (Å²) in [5.74, 6) is -0.178. The molecule has 2 aliphatic rings. The van der Waals surface area contributed by atoms with Crippen LogP contribution in [0.5, 0.6) is 0 Å². The molecule has 0 radical (unpaired) electrons. The molecule has 3 aromatic rings. The fourth-order valence-corrected chi connectivity index (χ4v) is 4.52. The van der Waals surface area contributed by atoms with Crippen molar-refractivity contribution in [3.8, 4) is 0 Å². The number of hydrogen-bond acceptors (Lipinski definition) is 6. The number of aryl methyl sites for hydroxylation is 1. The van der Waals surface area contributed by atoms with Gasteiger partial charge in [-0.05, 0) is 30.7 Å². The van der Waals surface area contributed by atoms with E-state index >= 15 is 0 Å². The quantitative estimate of drug-likeness (QED) is 0.578. The topological polar surface area (TPSA) is 83.8 Å². The number of fused-ring (bicyclic) bond motifs is 1. The van der Waals surface area contributed by atoms with Crippen molar-refractivity contribution in [1.29, 1.82) is 0 Å². The number of piperazine rings is 1. The van der Waals surface area contributed by atoms with Gasteiger partial charge in [0.1, 0.15) is 6.10 Å². The van der Waals surface area contributed by atoms with Gasteiger partial charge in [-0.2, -0.15) is 0 Å². The summed E-state index contributed by atoms with van der Waals surface area (Å²) in [5, 5.41) is 8.44. The molecule has 1 fully saturated rings. The molecule has 0 N–H and O–H groups in total. The van der Waals surface area contributed by atoms with E-state index in [-0.39, 0.29) is 24.5 Å². The monoisotopic (exact) mass is 474 g/mol. The number of ether oxygens (including phenoxy) is 1. The highest BCUT2D eigenvalue weighted by Gasteiger charge is 2.32. The molecule has 5 rings (SSSR count). The maximum atomic E-state index is 13.2. The third-order valence-electron chi connectivity index (χ3n) is 6.71. The van der Waals surface area contributed by atoms with E-state index in [4.69, 9.17) is 4.74 Å². The second-order valence-corrected chi connectivity index (χ2v) is 9.31. The van der Waals surface area contributed by atoms with Gasteiger partial charge in [0.2, 0.25) is 0 Å². The van der Waals surface area contributed by atoms with E-state index in [1.54, 1.807) is 14.5 Å². The predicted octanol–water partition coefficient (Wildman–Crippen LogP) is 2.52. The van der Waals surface area contributed by atoms with Crippen molar-refractivity contribution in [3.05, 3.63) is 76.6 Å². The second-order valence-electron chi connectivity index (χ2n) is 9.31. The van der Waals surface area contributed by atoms with E-state index in [0.29, 0.717) is 49.7 Å². The fraction of sp³-hybridized carbons (Fsp3) is 0.385. The molecule has 0 saturated carbocycles. The fourth-order valence-electron chi connectivity index (χ4n) is 4.52. The number of nitrogens with zero attached hydrogens (tertiary/aromatic N) is 6. The van der Waals surface area contributed by atoms with Crippen molar-refractivity contribution in [1.82, 2.24) is 24.8 Å². The highest BCUT2D eigenvalue weighted by molar-refractivity contribution is 5.96. The minimum Gasteiger partial charge on any atom is -0.378 e. The number of benzene rings is 2. The van der Waals surface area contributed by atoms with Crippen molar-refractivity contribution in [3.63, 3.8) is 0 Å². The average Bonchev–Trinajstić information content (AvgIpc) is 3.32. The Hall–Kier alpha value is -3.72. The van der Waals surface area contributed by atoms with Crippen LogP contribution in [-0.2, 0) is 17.9 Å². The average molecular weight is 475 g/mol. The molecule has 2 aliphatic heterocycles. The molecule has 1 saturated heterocycles. The molecule has 0 aliphatic carbocycles. The second kappa shape index (κ2) is 9.50. The van der Waals surface area contributed by atoms with Crippen LogP contribution in [0.3, 0.4) is 0 Å². The summed E-state index contributed by atoms with van der Waals surface area (Å²) in [6, 6.07) is 15.8. The molecule has 1 atom stereocenters. The molecule has 182 valence electrons. The van der Waals surface area contributed by atoms with E-state index in [1.165, 1.54) is 5.56 Å². The number of amides is 2. The third-order valence-corrected chi connectivity index (χ3v) is 6.71. The Morgan fingerprint density at radius 2 is 1.66 bits per heavy atom. The minimum atomic E-state index is -0.162. The van der Waals surface area contributed by atoms with Crippen molar-refractivity contribution in [2.45, 2.75) is 26.2 Å². The summed E-state index contributed by atoms with van der Waals surface area (Å²) >= 11 is 0. The summed E-state index contributed by atoms with van der Waals surface area (Å²) in [4.78, 5) is 31.8. The maximum Gasteiger partial charge on any atom is 0.276 e. The van der Waals surface area contributed by atoms with Crippen LogP contribution in [0.2, 0.25) is 0 Å². The Bertz CT molecular complexity index is 1230. The molecule has 0 unspecified atom stereocenters. The van der Waals surface area contributed by atoms with Crippen LogP contribution < -0.4 is 4.90 Å². The molecule has 9 heteroatoms. The molecular weight excluding hydrogens is 444 g/mol. The predicted molar refractivity (Wildman–Crippen MR) is 131 cm³/mol. The minimum absolute atomic E-state index is 0.0163. The van der Waals surface area contributed by atoms with Gasteiger partial charge < -0.3 is 19.4 Å². The molecule has 9 nitrogen and oxygen atoms in total. The van der Waals surface area contributed by atoms with E-state index in [9.17, 15) is 9.59 Å². The summed E-state index contributed by atoms with van der Waals surface area (Å²) in [5.41, 5.74) is 4.96. The van der Waals surface area contributed by atoms with Crippen LogP contribution in [0.4, 0.5) is 5.69 Å². The molecule has 1 aromatic heterocycles. The van der Waals surface area contributed by atoms with Gasteiger partial charge in [-0.25, -0.2) is 4.68 Å². The number of aromatic nitrogens is 3. The zero-order valence-corrected chi connectivity index (χ0v) is 20.3. The van der Waals surface area contributed by atoms with Gasteiger partial charge in [0.25, 0.3) is 11.8 Å². The zero-order valence-electron chi connectivity index (χ0n) is 20.3. The first-order valence-corrected chi connectivity index (χ1v) is 11.9. The summed E-state index contributed by atoms with van der Waals surface area (Å²) in [7, 11) is 3.90. The molecule has 3 heterocycles. The largest absolute Gasteiger partial charge is 0.378 e. The lowest BCUT2D eigenvalue weighted by molar-refractivity contribution is -0.00203. The number of carbonyl (C=O) groups excluding carboxylic acids is 2. The molecule has 2 amide bonds. The lowest BCUT2D eigenvalue weighted by Gasteiger charge is -2.34. The summed E-state index contributed by atoms with van der Waals surface area (Å²) in [6.07, 6.45) is -0.117. The van der Waals surface area contributed by atoms with Crippen molar-refractivity contribution in [2.75, 3.05) is 45.2 Å². The van der Waals surface area contributed by atoms with Crippen LogP contribution in [0.15, 0.2) is 48.5 Å². The van der Waals surface area contributed by atoms with Crippen molar-refractivity contribution in [2.24, 2.45) is 0 Å². The van der Waals surface area contributed by atoms with Crippen LogP contribution in [0.1, 0.15) is 43.8 Å². The van der Waals surface area contributed by atoms with Crippen LogP contribution in [-0.4, -0.2) is 76.9 Å². The Kier molecular flexibility index (Phi) is 6.25. The van der Waals surface area contributed by atoms with Crippen LogP contribution in [0.25, 0.3) is 0 Å². The Morgan fingerprint density at radius 3 is 2.34 bits per heavy atom. The normalized spacial score (nSPS) is 17.7. The summed E-state index contributed by atoms with van der Waals surface area (Å²) in [6.45, 7) is 4.73. The first kappa shape index (κ1) is 23.0. The molecular formula is C26H30N6O3. The SMILES string of the molecule is Cc1ccc([C@@H]2Cn3nnc(C(=O)N4CCN(C(=O)c5cccc(N(C)C)c5)CC4)c3CO2)cc1. The van der Waals surface area contributed by atoms with E-state index in [2.05, 4.69) is 41.5 Å². The first-order chi connectivity index (χ1) is 16.9. The molecule has 2 aromatic carbocycles. The highest BCUT2D eigenvalue weighted by Crippen LogP contribution is 2.27. The summed E-state index contributed by atoms with van der Waals surface area (Å²) < 4.78 is 7.84. The Labute approximate surface area is 204 Å². The standard InChI is InChI=1S/C26H30N6O3/c1-18-7-9-19(10-8-18)23-16-32-22(17-35-23)24(27-28-32)26(34)31-13-11-30(12-14-31)25(33)20-5-4-6-21(15-20)29(2)3/h4-10,15,23H,11-14,16-17H2,1-3H3/t23-/m0/s1. The maximum absolute atomic E-state index is 13.2. The van der Waals surface area contributed by atoms with Crippen LogP contribution in [0, 0.1) is 6.92 Å². The zero-order chi connectivity index (χ0) is 24.5. The first-order valence-electron chi connectivity index (χ1n) is 11.9. The number of anilines is 1. The smallest absolute Gasteiger partial charge is 0.276 e. The number of hydrogen-bond donors (Lipinski definition) is 0. The van der Waals surface area contributed by atoms with Gasteiger partial charge in [-0.3, -0.25) is 9.59 Å². The Balaban J connectivity index is 1.22. The highest BCUT2D eigenvalue weighted by atomic mass is 16.5. The van der Waals surface area contributed by atoms with Gasteiger partial charge in [0, 0.05) is 51.5 Å². The van der Waals surface area contributed by atoms with Crippen molar-refractivity contribution >= 4 is 17.5 Å². The van der Waals surface area contributed by atoms with E-state index in [1.807, 2.05) is 43.3 Å². The van der Waals surface area contributed by atoms with E-state index < -0.39 is 0 Å². The molecule has 0 bridgehead atoms. The number of carbonyl (C=O) groups is 2. The van der Waals surface area contributed by atoms with Gasteiger partial charge in [-0.1, -0.05) is 41.1 Å². The van der Waals surface area contributed by atoms with Gasteiger partial charge >= 0.3 is 0 Å². The third kappa shape index (κ3) is 4.64. The van der Waals surface area contributed by atoms with Gasteiger partial charge in [0.15, 0.2) is 5.69 Å². The van der Waals surface area contributed by atoms with E-state index in [0.717, 1.165) is 11.3 Å². The molecule has 35 heavy (non-hydrogen) atoms. The molecule has 0 spiro atoms. The number of rotatable bonds is 4. The van der Waals surface area contributed by atoms with Crippen LogP contribution >= 0.6 is 0 Å². The van der Waals surface area contributed by atoms with Gasteiger partial charge in [-0.15, -0.1) is 5.10 Å². The van der Waals surface area contributed by atoms with Crippen molar-refractivity contribution < 1.29 is 14.3 Å². The Morgan fingerprint density at radius 1 is 0.971 bits per heavy atom. The lowest BCUT2D eigenvalue weighted by Crippen LogP contribution is -2.50.